The summed E-state index contributed by atoms with van der Waals surface area (Å²) >= 11 is 0. The van der Waals surface area contributed by atoms with Crippen molar-refractivity contribution in [3.63, 3.8) is 0 Å². The SMILES string of the molecule is CCCCOC(=O)c1[nH]c(=O)c2ccc(OCc3ccccc3)cc2c1O. The number of hydrogen-bond donors (Lipinski definition) is 2. The lowest BCUT2D eigenvalue weighted by Crippen LogP contribution is -2.16. The third kappa shape index (κ3) is 4.28. The molecular formula is C21H21NO5. The number of nitrogens with one attached hydrogen (secondary N) is 1. The number of aromatic hydroxyl groups is 1. The van der Waals surface area contributed by atoms with Crippen LogP contribution in [0.1, 0.15) is 35.8 Å². The summed E-state index contributed by atoms with van der Waals surface area (Å²) in [7, 11) is 0. The molecule has 0 saturated heterocycles. The average molecular weight is 367 g/mol. The number of rotatable bonds is 7. The van der Waals surface area contributed by atoms with Gasteiger partial charge in [0.1, 0.15) is 12.4 Å². The number of hydrogen-bond acceptors (Lipinski definition) is 5. The van der Waals surface area contributed by atoms with Crippen molar-refractivity contribution in [1.82, 2.24) is 4.98 Å². The van der Waals surface area contributed by atoms with Crippen molar-refractivity contribution in [3.8, 4) is 11.5 Å². The fourth-order valence-electron chi connectivity index (χ4n) is 2.65. The van der Waals surface area contributed by atoms with E-state index < -0.39 is 11.5 Å². The Kier molecular flexibility index (Phi) is 5.76. The third-order valence-electron chi connectivity index (χ3n) is 4.15. The van der Waals surface area contributed by atoms with Crippen molar-refractivity contribution in [2.24, 2.45) is 0 Å². The van der Waals surface area contributed by atoms with Crippen LogP contribution in [-0.2, 0) is 11.3 Å². The molecule has 0 atom stereocenters. The molecule has 0 aliphatic rings. The maximum atomic E-state index is 12.3. The quantitative estimate of drug-likeness (QED) is 0.490. The van der Waals surface area contributed by atoms with Gasteiger partial charge in [0.25, 0.3) is 5.56 Å². The molecule has 0 amide bonds. The minimum Gasteiger partial charge on any atom is -0.505 e. The van der Waals surface area contributed by atoms with Crippen molar-refractivity contribution in [1.29, 1.82) is 0 Å². The zero-order chi connectivity index (χ0) is 19.2. The summed E-state index contributed by atoms with van der Waals surface area (Å²) in [6.07, 6.45) is 1.58. The van der Waals surface area contributed by atoms with Gasteiger partial charge in [0, 0.05) is 5.39 Å². The molecule has 27 heavy (non-hydrogen) atoms. The van der Waals surface area contributed by atoms with Gasteiger partial charge in [-0.2, -0.15) is 0 Å². The summed E-state index contributed by atoms with van der Waals surface area (Å²) in [4.78, 5) is 26.8. The Bertz CT molecular complexity index is 995. The lowest BCUT2D eigenvalue weighted by Gasteiger charge is -2.10. The van der Waals surface area contributed by atoms with Gasteiger partial charge in [-0.1, -0.05) is 43.7 Å². The molecule has 0 spiro atoms. The number of carbonyl (C=O) groups excluding carboxylic acids is 1. The van der Waals surface area contributed by atoms with E-state index in [4.69, 9.17) is 9.47 Å². The number of aromatic amines is 1. The summed E-state index contributed by atoms with van der Waals surface area (Å²) < 4.78 is 10.8. The van der Waals surface area contributed by atoms with Crippen LogP contribution in [0.15, 0.2) is 53.3 Å². The molecule has 0 saturated carbocycles. The van der Waals surface area contributed by atoms with Crippen LogP contribution in [0.5, 0.6) is 11.5 Å². The van der Waals surface area contributed by atoms with Crippen molar-refractivity contribution in [2.45, 2.75) is 26.4 Å². The Morgan fingerprint density at radius 1 is 1.11 bits per heavy atom. The molecule has 3 aromatic rings. The van der Waals surface area contributed by atoms with E-state index >= 15 is 0 Å². The number of benzene rings is 2. The number of carbonyl (C=O) groups is 1. The van der Waals surface area contributed by atoms with E-state index in [0.29, 0.717) is 18.8 Å². The van der Waals surface area contributed by atoms with Gasteiger partial charge in [-0.25, -0.2) is 4.79 Å². The van der Waals surface area contributed by atoms with Crippen molar-refractivity contribution < 1.29 is 19.4 Å². The molecule has 2 aromatic carbocycles. The van der Waals surface area contributed by atoms with Gasteiger partial charge < -0.3 is 19.6 Å². The maximum Gasteiger partial charge on any atom is 0.358 e. The second kappa shape index (κ2) is 8.40. The number of pyridine rings is 1. The predicted molar refractivity (Wildman–Crippen MR) is 102 cm³/mol. The zero-order valence-corrected chi connectivity index (χ0v) is 15.0. The molecule has 6 heteroatoms. The highest BCUT2D eigenvalue weighted by Gasteiger charge is 2.18. The standard InChI is InChI=1S/C21H21NO5/c1-2-3-11-26-21(25)18-19(23)17-12-15(9-10-16(17)20(24)22-18)27-13-14-7-5-4-6-8-14/h4-10,12,23H,2-3,11,13H2,1H3,(H,22,24). The van der Waals surface area contributed by atoms with Gasteiger partial charge >= 0.3 is 5.97 Å². The monoisotopic (exact) mass is 367 g/mol. The Labute approximate surface area is 156 Å². The van der Waals surface area contributed by atoms with Crippen LogP contribution in [0.4, 0.5) is 0 Å². The molecule has 3 rings (SSSR count). The third-order valence-corrected chi connectivity index (χ3v) is 4.15. The minimum absolute atomic E-state index is 0.231. The molecule has 1 aromatic heterocycles. The molecule has 0 unspecified atom stereocenters. The fourth-order valence-corrected chi connectivity index (χ4v) is 2.65. The molecule has 2 N–H and O–H groups in total. The van der Waals surface area contributed by atoms with E-state index in [9.17, 15) is 14.7 Å². The molecule has 0 aliphatic carbocycles. The molecule has 0 aliphatic heterocycles. The maximum absolute atomic E-state index is 12.3. The Balaban J connectivity index is 1.88. The van der Waals surface area contributed by atoms with Crippen molar-refractivity contribution in [2.75, 3.05) is 6.61 Å². The first kappa shape index (κ1) is 18.5. The van der Waals surface area contributed by atoms with Crippen LogP contribution < -0.4 is 10.3 Å². The number of unbranched alkanes of at least 4 members (excludes halogenated alkanes) is 1. The van der Waals surface area contributed by atoms with Crippen molar-refractivity contribution >= 4 is 16.7 Å². The van der Waals surface area contributed by atoms with Gasteiger partial charge in [-0.3, -0.25) is 4.79 Å². The van der Waals surface area contributed by atoms with Gasteiger partial charge in [-0.15, -0.1) is 0 Å². The van der Waals surface area contributed by atoms with Crippen LogP contribution in [0.2, 0.25) is 0 Å². The summed E-state index contributed by atoms with van der Waals surface area (Å²) in [6.45, 7) is 2.55. The predicted octanol–water partition coefficient (Wildman–Crippen LogP) is 3.77. The van der Waals surface area contributed by atoms with Crippen LogP contribution in [-0.4, -0.2) is 22.7 Å². The number of aromatic nitrogens is 1. The largest absolute Gasteiger partial charge is 0.505 e. The van der Waals surface area contributed by atoms with E-state index in [2.05, 4.69) is 4.98 Å². The molecule has 0 fully saturated rings. The van der Waals surface area contributed by atoms with E-state index in [0.717, 1.165) is 12.0 Å². The van der Waals surface area contributed by atoms with Gasteiger partial charge in [0.05, 0.1) is 12.0 Å². The summed E-state index contributed by atoms with van der Waals surface area (Å²) in [5, 5.41) is 11.0. The first-order chi connectivity index (χ1) is 13.1. The van der Waals surface area contributed by atoms with Gasteiger partial charge in [0.15, 0.2) is 11.4 Å². The highest BCUT2D eigenvalue weighted by atomic mass is 16.5. The number of esters is 1. The normalized spacial score (nSPS) is 10.7. The highest BCUT2D eigenvalue weighted by Crippen LogP contribution is 2.29. The molecule has 1 heterocycles. The minimum atomic E-state index is -0.754. The summed E-state index contributed by atoms with van der Waals surface area (Å²) in [6, 6.07) is 14.4. The number of H-pyrrole nitrogens is 1. The second-order valence-corrected chi connectivity index (χ2v) is 6.15. The fraction of sp³-hybridized carbons (Fsp3) is 0.238. The Morgan fingerprint density at radius 2 is 1.89 bits per heavy atom. The van der Waals surface area contributed by atoms with E-state index in [1.54, 1.807) is 18.2 Å². The first-order valence-electron chi connectivity index (χ1n) is 8.83. The average Bonchev–Trinajstić information content (AvgIpc) is 2.70. The van der Waals surface area contributed by atoms with E-state index in [1.807, 2.05) is 37.3 Å². The highest BCUT2D eigenvalue weighted by molar-refractivity contribution is 5.99. The zero-order valence-electron chi connectivity index (χ0n) is 15.0. The Morgan fingerprint density at radius 3 is 2.63 bits per heavy atom. The molecule has 0 bridgehead atoms. The molecule has 140 valence electrons. The van der Waals surface area contributed by atoms with E-state index in [1.165, 1.54) is 0 Å². The van der Waals surface area contributed by atoms with Crippen molar-refractivity contribution in [3.05, 3.63) is 70.1 Å². The molecular weight excluding hydrogens is 346 g/mol. The lowest BCUT2D eigenvalue weighted by molar-refractivity contribution is 0.0489. The molecule has 0 radical (unpaired) electrons. The Hall–Kier alpha value is -3.28. The second-order valence-electron chi connectivity index (χ2n) is 6.15. The van der Waals surface area contributed by atoms with Gasteiger partial charge in [-0.05, 0) is 30.2 Å². The smallest absolute Gasteiger partial charge is 0.358 e. The van der Waals surface area contributed by atoms with Gasteiger partial charge in [0.2, 0.25) is 0 Å². The summed E-state index contributed by atoms with van der Waals surface area (Å²) in [5.41, 5.74) is 0.275. The van der Waals surface area contributed by atoms with Crippen LogP contribution in [0.3, 0.4) is 0 Å². The molecule has 6 nitrogen and oxygen atoms in total. The van der Waals surface area contributed by atoms with Crippen LogP contribution >= 0.6 is 0 Å². The topological polar surface area (TPSA) is 88.6 Å². The van der Waals surface area contributed by atoms with E-state index in [-0.39, 0.29) is 28.8 Å². The number of fused-ring (bicyclic) bond motifs is 1. The number of ether oxygens (including phenoxy) is 2. The lowest BCUT2D eigenvalue weighted by atomic mass is 10.1. The van der Waals surface area contributed by atoms with Crippen LogP contribution in [0.25, 0.3) is 10.8 Å². The first-order valence-corrected chi connectivity index (χ1v) is 8.83. The van der Waals surface area contributed by atoms with Crippen LogP contribution in [0, 0.1) is 0 Å². The summed E-state index contributed by atoms with van der Waals surface area (Å²) in [5.74, 6) is -0.593.